The van der Waals surface area contributed by atoms with Gasteiger partial charge in [0.25, 0.3) is 0 Å². The molecule has 0 aromatic rings. The van der Waals surface area contributed by atoms with Gasteiger partial charge in [-0.3, -0.25) is 9.69 Å². The summed E-state index contributed by atoms with van der Waals surface area (Å²) >= 11 is 0. The third-order valence-electron chi connectivity index (χ3n) is 4.92. The SMILES string of the molecule is CC(N1CCN(C(=O)C2(CN)CCOCC2)CC1)C(F)(F)F. The van der Waals surface area contributed by atoms with E-state index in [4.69, 9.17) is 10.5 Å². The van der Waals surface area contributed by atoms with E-state index in [0.717, 1.165) is 6.92 Å². The molecular weight excluding hydrogens is 299 g/mol. The van der Waals surface area contributed by atoms with E-state index in [-0.39, 0.29) is 25.5 Å². The minimum atomic E-state index is -4.23. The third-order valence-corrected chi connectivity index (χ3v) is 4.92. The Morgan fingerprint density at radius 3 is 2.23 bits per heavy atom. The second kappa shape index (κ2) is 6.72. The van der Waals surface area contributed by atoms with Gasteiger partial charge in [-0.05, 0) is 19.8 Å². The zero-order valence-electron chi connectivity index (χ0n) is 12.9. The van der Waals surface area contributed by atoms with Gasteiger partial charge in [0, 0.05) is 45.9 Å². The molecule has 1 amide bonds. The number of nitrogens with zero attached hydrogens (tertiary/aromatic N) is 2. The van der Waals surface area contributed by atoms with Crippen LogP contribution in [0, 0.1) is 5.41 Å². The highest BCUT2D eigenvalue weighted by atomic mass is 19.4. The highest BCUT2D eigenvalue weighted by molar-refractivity contribution is 5.83. The van der Waals surface area contributed by atoms with Crippen molar-refractivity contribution in [3.8, 4) is 0 Å². The first kappa shape index (κ1) is 17.5. The van der Waals surface area contributed by atoms with Crippen LogP contribution < -0.4 is 5.73 Å². The number of ether oxygens (including phenoxy) is 1. The van der Waals surface area contributed by atoms with Crippen molar-refractivity contribution in [2.45, 2.75) is 32.0 Å². The molecule has 2 aliphatic heterocycles. The van der Waals surface area contributed by atoms with Crippen LogP contribution in [-0.4, -0.2) is 73.9 Å². The molecule has 0 aliphatic carbocycles. The highest BCUT2D eigenvalue weighted by Crippen LogP contribution is 2.32. The zero-order chi connectivity index (χ0) is 16.4. The molecule has 2 aliphatic rings. The van der Waals surface area contributed by atoms with E-state index in [1.807, 2.05) is 0 Å². The van der Waals surface area contributed by atoms with Crippen LogP contribution in [0.1, 0.15) is 19.8 Å². The smallest absolute Gasteiger partial charge is 0.381 e. The molecule has 8 heteroatoms. The lowest BCUT2D eigenvalue weighted by atomic mass is 9.78. The Morgan fingerprint density at radius 1 is 1.23 bits per heavy atom. The van der Waals surface area contributed by atoms with E-state index in [9.17, 15) is 18.0 Å². The van der Waals surface area contributed by atoms with Crippen LogP contribution >= 0.6 is 0 Å². The Morgan fingerprint density at radius 2 is 1.77 bits per heavy atom. The molecule has 2 rings (SSSR count). The van der Waals surface area contributed by atoms with Gasteiger partial charge in [-0.15, -0.1) is 0 Å². The van der Waals surface area contributed by atoms with Crippen molar-refractivity contribution in [2.75, 3.05) is 45.9 Å². The molecule has 5 nitrogen and oxygen atoms in total. The first-order valence-corrected chi connectivity index (χ1v) is 7.68. The van der Waals surface area contributed by atoms with Crippen molar-refractivity contribution in [3.63, 3.8) is 0 Å². The maximum Gasteiger partial charge on any atom is 0.403 e. The number of piperazine rings is 1. The van der Waals surface area contributed by atoms with Gasteiger partial charge in [0.1, 0.15) is 6.04 Å². The van der Waals surface area contributed by atoms with Gasteiger partial charge >= 0.3 is 6.18 Å². The van der Waals surface area contributed by atoms with E-state index in [0.29, 0.717) is 39.1 Å². The molecule has 0 bridgehead atoms. The van der Waals surface area contributed by atoms with Crippen molar-refractivity contribution in [3.05, 3.63) is 0 Å². The van der Waals surface area contributed by atoms with Crippen LogP contribution in [0.15, 0.2) is 0 Å². The molecule has 0 aromatic carbocycles. The van der Waals surface area contributed by atoms with Crippen molar-refractivity contribution in [1.82, 2.24) is 9.80 Å². The molecule has 0 spiro atoms. The van der Waals surface area contributed by atoms with Crippen LogP contribution in [-0.2, 0) is 9.53 Å². The first-order valence-electron chi connectivity index (χ1n) is 7.68. The van der Waals surface area contributed by atoms with Gasteiger partial charge in [0.15, 0.2) is 0 Å². The van der Waals surface area contributed by atoms with E-state index in [1.54, 1.807) is 4.90 Å². The van der Waals surface area contributed by atoms with Crippen molar-refractivity contribution in [1.29, 1.82) is 0 Å². The average Bonchev–Trinajstić information content (AvgIpc) is 2.53. The second-order valence-corrected chi connectivity index (χ2v) is 6.14. The predicted molar refractivity (Wildman–Crippen MR) is 75.2 cm³/mol. The second-order valence-electron chi connectivity index (χ2n) is 6.14. The van der Waals surface area contributed by atoms with E-state index < -0.39 is 17.6 Å². The predicted octanol–water partition coefficient (Wildman–Crippen LogP) is 0.837. The fourth-order valence-electron chi connectivity index (χ4n) is 3.12. The quantitative estimate of drug-likeness (QED) is 0.836. The first-order chi connectivity index (χ1) is 10.3. The molecule has 2 saturated heterocycles. The monoisotopic (exact) mass is 323 g/mol. The Labute approximate surface area is 128 Å². The van der Waals surface area contributed by atoms with Crippen LogP contribution in [0.4, 0.5) is 13.2 Å². The van der Waals surface area contributed by atoms with Crippen LogP contribution in [0.2, 0.25) is 0 Å². The molecule has 2 fully saturated rings. The minimum Gasteiger partial charge on any atom is -0.381 e. The Kier molecular flexibility index (Phi) is 5.34. The molecular formula is C14H24F3N3O2. The molecule has 22 heavy (non-hydrogen) atoms. The molecule has 2 heterocycles. The van der Waals surface area contributed by atoms with Gasteiger partial charge in [0.05, 0.1) is 5.41 Å². The number of amides is 1. The van der Waals surface area contributed by atoms with Crippen LogP contribution in [0.3, 0.4) is 0 Å². The third kappa shape index (κ3) is 3.55. The number of halogens is 3. The van der Waals surface area contributed by atoms with Crippen molar-refractivity contribution < 1.29 is 22.7 Å². The molecule has 0 aromatic heterocycles. The average molecular weight is 323 g/mol. The summed E-state index contributed by atoms with van der Waals surface area (Å²) in [6, 6.07) is -1.48. The maximum absolute atomic E-state index is 12.7. The number of rotatable bonds is 3. The fourth-order valence-corrected chi connectivity index (χ4v) is 3.12. The summed E-state index contributed by atoms with van der Waals surface area (Å²) in [7, 11) is 0. The highest BCUT2D eigenvalue weighted by Gasteiger charge is 2.44. The minimum absolute atomic E-state index is 0.0300. The fraction of sp³-hybridized carbons (Fsp3) is 0.929. The summed E-state index contributed by atoms with van der Waals surface area (Å²) in [4.78, 5) is 15.8. The lowest BCUT2D eigenvalue weighted by molar-refractivity contribution is -0.184. The maximum atomic E-state index is 12.7. The summed E-state index contributed by atoms with van der Waals surface area (Å²) < 4.78 is 43.5. The molecule has 0 radical (unpaired) electrons. The number of carbonyl (C=O) groups excluding carboxylic acids is 1. The molecule has 1 atom stereocenters. The van der Waals surface area contributed by atoms with Crippen LogP contribution in [0.25, 0.3) is 0 Å². The Hall–Kier alpha value is -0.860. The van der Waals surface area contributed by atoms with Crippen LogP contribution in [0.5, 0.6) is 0 Å². The van der Waals surface area contributed by atoms with Crippen molar-refractivity contribution >= 4 is 5.91 Å². The lowest BCUT2D eigenvalue weighted by Crippen LogP contribution is -2.58. The molecule has 1 unspecified atom stereocenters. The van der Waals surface area contributed by atoms with E-state index in [1.165, 1.54) is 4.90 Å². The summed E-state index contributed by atoms with van der Waals surface area (Å²) in [5.74, 6) is -0.0300. The van der Waals surface area contributed by atoms with Gasteiger partial charge in [-0.1, -0.05) is 0 Å². The normalized spacial score (nSPS) is 25.0. The standard InChI is InChI=1S/C14H24F3N3O2/c1-11(14(15,16)17)19-4-6-20(7-5-19)12(21)13(10-18)2-8-22-9-3-13/h11H,2-10,18H2,1H3. The largest absolute Gasteiger partial charge is 0.403 e. The number of nitrogens with two attached hydrogens (primary N) is 1. The van der Waals surface area contributed by atoms with E-state index >= 15 is 0 Å². The number of hydrogen-bond donors (Lipinski definition) is 1. The van der Waals surface area contributed by atoms with Gasteiger partial charge in [-0.25, -0.2) is 0 Å². The summed E-state index contributed by atoms with van der Waals surface area (Å²) in [6.07, 6.45) is -3.06. The zero-order valence-corrected chi connectivity index (χ0v) is 12.9. The van der Waals surface area contributed by atoms with E-state index in [2.05, 4.69) is 0 Å². The molecule has 0 saturated carbocycles. The van der Waals surface area contributed by atoms with Crippen molar-refractivity contribution in [2.24, 2.45) is 11.1 Å². The number of alkyl halides is 3. The Balaban J connectivity index is 1.94. The van der Waals surface area contributed by atoms with Gasteiger partial charge in [0.2, 0.25) is 5.91 Å². The van der Waals surface area contributed by atoms with Gasteiger partial charge in [-0.2, -0.15) is 13.2 Å². The number of hydrogen-bond acceptors (Lipinski definition) is 4. The molecule has 2 N–H and O–H groups in total. The summed E-state index contributed by atoms with van der Waals surface area (Å²) in [6.45, 7) is 3.56. The topological polar surface area (TPSA) is 58.8 Å². The summed E-state index contributed by atoms with van der Waals surface area (Å²) in [5.41, 5.74) is 5.22. The number of carbonyl (C=O) groups is 1. The van der Waals surface area contributed by atoms with Gasteiger partial charge < -0.3 is 15.4 Å². The molecule has 128 valence electrons. The summed E-state index contributed by atoms with van der Waals surface area (Å²) in [5, 5.41) is 0. The lowest BCUT2D eigenvalue weighted by Gasteiger charge is -2.43. The Bertz CT molecular complexity index is 389.